The molecule has 1 aromatic heterocycles. The Labute approximate surface area is 168 Å². The summed E-state index contributed by atoms with van der Waals surface area (Å²) in [6, 6.07) is 28.5. The Morgan fingerprint density at radius 1 is 0.679 bits per heavy atom. The standard InChI is InChI=1S/C27H27N/c1-19(2)25-18-24(22-14-12-20(3)13-15-22)17-21(4)27(25)28-16-8-11-26(28)23-9-6-5-7-10-23/h5-19H,1-4H3. The molecule has 0 N–H and O–H groups in total. The van der Waals surface area contributed by atoms with Crippen LogP contribution in [0.3, 0.4) is 0 Å². The Morgan fingerprint density at radius 2 is 1.39 bits per heavy atom. The Hall–Kier alpha value is -3.06. The van der Waals surface area contributed by atoms with Gasteiger partial charge in [0.15, 0.2) is 0 Å². The number of nitrogens with zero attached hydrogens (tertiary/aromatic N) is 1. The number of aryl methyl sites for hydroxylation is 2. The summed E-state index contributed by atoms with van der Waals surface area (Å²) in [6.07, 6.45) is 2.18. The molecule has 0 aliphatic rings. The predicted octanol–water partition coefficient (Wildman–Crippen LogP) is 7.55. The van der Waals surface area contributed by atoms with Gasteiger partial charge >= 0.3 is 0 Å². The van der Waals surface area contributed by atoms with Gasteiger partial charge in [-0.3, -0.25) is 0 Å². The highest BCUT2D eigenvalue weighted by atomic mass is 15.0. The van der Waals surface area contributed by atoms with Crippen LogP contribution >= 0.6 is 0 Å². The molecule has 0 amide bonds. The number of benzene rings is 3. The molecule has 0 spiro atoms. The molecule has 0 radical (unpaired) electrons. The smallest absolute Gasteiger partial charge is 0.0528 e. The van der Waals surface area contributed by atoms with Crippen molar-refractivity contribution in [1.82, 2.24) is 4.57 Å². The van der Waals surface area contributed by atoms with E-state index in [1.807, 2.05) is 0 Å². The molecule has 0 saturated carbocycles. The van der Waals surface area contributed by atoms with E-state index < -0.39 is 0 Å². The molecular weight excluding hydrogens is 338 g/mol. The van der Waals surface area contributed by atoms with E-state index >= 15 is 0 Å². The molecule has 4 rings (SSSR count). The molecule has 140 valence electrons. The first-order chi connectivity index (χ1) is 13.5. The summed E-state index contributed by atoms with van der Waals surface area (Å²) in [4.78, 5) is 0. The first-order valence-electron chi connectivity index (χ1n) is 9.99. The monoisotopic (exact) mass is 365 g/mol. The summed E-state index contributed by atoms with van der Waals surface area (Å²) in [7, 11) is 0. The lowest BCUT2D eigenvalue weighted by Gasteiger charge is -2.21. The van der Waals surface area contributed by atoms with Crippen LogP contribution in [0.15, 0.2) is 85.1 Å². The zero-order valence-corrected chi connectivity index (χ0v) is 17.1. The molecule has 1 heterocycles. The maximum atomic E-state index is 2.37. The molecule has 0 atom stereocenters. The number of rotatable bonds is 4. The molecule has 0 unspecified atom stereocenters. The van der Waals surface area contributed by atoms with E-state index in [1.54, 1.807) is 0 Å². The van der Waals surface area contributed by atoms with E-state index in [9.17, 15) is 0 Å². The summed E-state index contributed by atoms with van der Waals surface area (Å²) in [5, 5.41) is 0. The molecule has 1 heteroatoms. The van der Waals surface area contributed by atoms with Crippen LogP contribution < -0.4 is 0 Å². The van der Waals surface area contributed by atoms with Gasteiger partial charge in [0, 0.05) is 6.20 Å². The number of hydrogen-bond acceptors (Lipinski definition) is 0. The average molecular weight is 366 g/mol. The van der Waals surface area contributed by atoms with Crippen molar-refractivity contribution in [3.63, 3.8) is 0 Å². The second-order valence-corrected chi connectivity index (χ2v) is 7.88. The van der Waals surface area contributed by atoms with Gasteiger partial charge in [-0.1, -0.05) is 74.0 Å². The number of hydrogen-bond donors (Lipinski definition) is 0. The molecule has 3 aromatic carbocycles. The maximum Gasteiger partial charge on any atom is 0.0528 e. The Bertz CT molecular complexity index is 1080. The molecule has 0 aliphatic heterocycles. The lowest BCUT2D eigenvalue weighted by molar-refractivity contribution is 0.845. The SMILES string of the molecule is Cc1ccc(-c2cc(C)c(-n3cccc3-c3ccccc3)c(C(C)C)c2)cc1. The van der Waals surface area contributed by atoms with Gasteiger partial charge in [-0.2, -0.15) is 0 Å². The van der Waals surface area contributed by atoms with Crippen molar-refractivity contribution in [3.05, 3.63) is 102 Å². The van der Waals surface area contributed by atoms with Crippen molar-refractivity contribution in [2.24, 2.45) is 0 Å². The summed E-state index contributed by atoms with van der Waals surface area (Å²) in [6.45, 7) is 8.92. The van der Waals surface area contributed by atoms with Crippen LogP contribution in [-0.2, 0) is 0 Å². The van der Waals surface area contributed by atoms with Crippen molar-refractivity contribution in [1.29, 1.82) is 0 Å². The lowest BCUT2D eigenvalue weighted by Crippen LogP contribution is -2.05. The maximum absolute atomic E-state index is 2.37. The highest BCUT2D eigenvalue weighted by Gasteiger charge is 2.16. The molecule has 0 saturated heterocycles. The van der Waals surface area contributed by atoms with Crippen LogP contribution in [0.2, 0.25) is 0 Å². The fourth-order valence-electron chi connectivity index (χ4n) is 3.91. The second-order valence-electron chi connectivity index (χ2n) is 7.88. The van der Waals surface area contributed by atoms with Gasteiger partial charge in [-0.15, -0.1) is 0 Å². The normalized spacial score (nSPS) is 11.2. The predicted molar refractivity (Wildman–Crippen MR) is 120 cm³/mol. The van der Waals surface area contributed by atoms with Gasteiger partial charge in [-0.05, 0) is 71.8 Å². The Kier molecular flexibility index (Phi) is 4.92. The van der Waals surface area contributed by atoms with Crippen molar-refractivity contribution >= 4 is 0 Å². The molecule has 1 nitrogen and oxygen atoms in total. The summed E-state index contributed by atoms with van der Waals surface area (Å²) in [5.41, 5.74) is 10.3. The van der Waals surface area contributed by atoms with Crippen molar-refractivity contribution in [3.8, 4) is 28.1 Å². The van der Waals surface area contributed by atoms with E-state index in [4.69, 9.17) is 0 Å². The van der Waals surface area contributed by atoms with Gasteiger partial charge in [0.05, 0.1) is 11.4 Å². The first-order valence-corrected chi connectivity index (χ1v) is 9.99. The molecule has 0 bridgehead atoms. The van der Waals surface area contributed by atoms with E-state index in [1.165, 1.54) is 44.8 Å². The van der Waals surface area contributed by atoms with E-state index in [2.05, 4.69) is 117 Å². The Balaban J connectivity index is 1.89. The highest BCUT2D eigenvalue weighted by Crippen LogP contribution is 2.35. The van der Waals surface area contributed by atoms with Gasteiger partial charge in [-0.25, -0.2) is 0 Å². The summed E-state index contributed by atoms with van der Waals surface area (Å²) in [5.74, 6) is 0.435. The van der Waals surface area contributed by atoms with Crippen molar-refractivity contribution in [2.45, 2.75) is 33.6 Å². The van der Waals surface area contributed by atoms with E-state index in [-0.39, 0.29) is 0 Å². The van der Waals surface area contributed by atoms with Gasteiger partial charge in [0.1, 0.15) is 0 Å². The van der Waals surface area contributed by atoms with Crippen molar-refractivity contribution in [2.75, 3.05) is 0 Å². The topological polar surface area (TPSA) is 4.93 Å². The zero-order valence-electron chi connectivity index (χ0n) is 17.1. The molecule has 4 aromatic rings. The van der Waals surface area contributed by atoms with Crippen LogP contribution in [0, 0.1) is 13.8 Å². The third kappa shape index (κ3) is 3.41. The highest BCUT2D eigenvalue weighted by molar-refractivity contribution is 5.71. The lowest BCUT2D eigenvalue weighted by atomic mass is 9.92. The van der Waals surface area contributed by atoms with Gasteiger partial charge in [0.25, 0.3) is 0 Å². The van der Waals surface area contributed by atoms with Crippen LogP contribution in [0.4, 0.5) is 0 Å². The average Bonchev–Trinajstić information content (AvgIpc) is 3.18. The quantitative estimate of drug-likeness (QED) is 0.352. The second kappa shape index (κ2) is 7.52. The van der Waals surface area contributed by atoms with Gasteiger partial charge < -0.3 is 4.57 Å². The first kappa shape index (κ1) is 18.3. The van der Waals surface area contributed by atoms with E-state index in [0.29, 0.717) is 5.92 Å². The minimum Gasteiger partial charge on any atom is -0.316 e. The third-order valence-electron chi connectivity index (χ3n) is 5.40. The van der Waals surface area contributed by atoms with Crippen LogP contribution in [-0.4, -0.2) is 4.57 Å². The molecule has 0 aliphatic carbocycles. The van der Waals surface area contributed by atoms with Crippen LogP contribution in [0.5, 0.6) is 0 Å². The zero-order chi connectivity index (χ0) is 19.7. The third-order valence-corrected chi connectivity index (χ3v) is 5.40. The minimum atomic E-state index is 0.435. The Morgan fingerprint density at radius 3 is 2.07 bits per heavy atom. The molecule has 0 fully saturated rings. The summed E-state index contributed by atoms with van der Waals surface area (Å²) < 4.78 is 2.35. The van der Waals surface area contributed by atoms with E-state index in [0.717, 1.165) is 0 Å². The fraction of sp³-hybridized carbons (Fsp3) is 0.185. The van der Waals surface area contributed by atoms with Crippen molar-refractivity contribution < 1.29 is 0 Å². The summed E-state index contributed by atoms with van der Waals surface area (Å²) >= 11 is 0. The van der Waals surface area contributed by atoms with Gasteiger partial charge in [0.2, 0.25) is 0 Å². The largest absolute Gasteiger partial charge is 0.316 e. The fourth-order valence-corrected chi connectivity index (χ4v) is 3.91. The number of aromatic nitrogens is 1. The van der Waals surface area contributed by atoms with Crippen LogP contribution in [0.1, 0.15) is 36.5 Å². The molecule has 28 heavy (non-hydrogen) atoms. The molecular formula is C27H27N. The minimum absolute atomic E-state index is 0.435. The van der Waals surface area contributed by atoms with Crippen LogP contribution in [0.25, 0.3) is 28.1 Å².